The average molecular weight is 265 g/mol. The minimum Gasteiger partial charge on any atom is -0.481 e. The first-order chi connectivity index (χ1) is 8.97. The molecule has 0 aliphatic rings. The Labute approximate surface area is 110 Å². The Hall–Kier alpha value is -2.37. The van der Waals surface area contributed by atoms with E-state index in [4.69, 9.17) is 5.11 Å². The number of hydrogen-bond donors (Lipinski definition) is 2. The van der Waals surface area contributed by atoms with Gasteiger partial charge >= 0.3 is 11.9 Å². The Bertz CT molecular complexity index is 510. The number of anilines is 1. The Morgan fingerprint density at radius 1 is 1.32 bits per heavy atom. The molecule has 0 bridgehead atoms. The summed E-state index contributed by atoms with van der Waals surface area (Å²) in [7, 11) is 1.23. The summed E-state index contributed by atoms with van der Waals surface area (Å²) in [5, 5.41) is 11.4. The van der Waals surface area contributed by atoms with E-state index in [1.807, 2.05) is 0 Å². The van der Waals surface area contributed by atoms with Crippen LogP contribution in [0.3, 0.4) is 0 Å². The van der Waals surface area contributed by atoms with Gasteiger partial charge in [0.2, 0.25) is 0 Å². The van der Waals surface area contributed by atoms with Gasteiger partial charge in [0.25, 0.3) is 0 Å². The Kier molecular flexibility index (Phi) is 5.05. The number of aliphatic carboxylic acids is 1. The summed E-state index contributed by atoms with van der Waals surface area (Å²) >= 11 is 0. The Balaban J connectivity index is 3.06. The number of rotatable bonds is 6. The van der Waals surface area contributed by atoms with E-state index >= 15 is 0 Å². The van der Waals surface area contributed by atoms with Gasteiger partial charge in [0, 0.05) is 12.2 Å². The van der Waals surface area contributed by atoms with Crippen molar-refractivity contribution in [3.8, 4) is 0 Å². The number of nitrogens with one attached hydrogen (secondary N) is 1. The Morgan fingerprint density at radius 3 is 2.53 bits per heavy atom. The second-order valence-corrected chi connectivity index (χ2v) is 3.85. The molecule has 0 radical (unpaired) electrons. The highest BCUT2D eigenvalue weighted by Gasteiger charge is 2.18. The zero-order chi connectivity index (χ0) is 14.4. The van der Waals surface area contributed by atoms with Gasteiger partial charge < -0.3 is 15.2 Å². The summed E-state index contributed by atoms with van der Waals surface area (Å²) < 4.78 is 4.61. The number of benzene rings is 1. The summed E-state index contributed by atoms with van der Waals surface area (Å²) in [5.41, 5.74) is 0.798. The van der Waals surface area contributed by atoms with Crippen molar-refractivity contribution < 1.29 is 24.2 Å². The molecule has 0 fully saturated rings. The van der Waals surface area contributed by atoms with E-state index in [2.05, 4.69) is 10.1 Å². The fourth-order valence-corrected chi connectivity index (χ4v) is 1.66. The van der Waals surface area contributed by atoms with Crippen LogP contribution in [0.4, 0.5) is 5.69 Å². The smallest absolute Gasteiger partial charge is 0.338 e. The van der Waals surface area contributed by atoms with E-state index < -0.39 is 11.9 Å². The van der Waals surface area contributed by atoms with Gasteiger partial charge in [-0.25, -0.2) is 4.79 Å². The molecular formula is C13H15NO5. The number of esters is 1. The molecule has 1 aromatic rings. The molecule has 6 heteroatoms. The summed E-state index contributed by atoms with van der Waals surface area (Å²) in [4.78, 5) is 33.7. The molecule has 1 rings (SSSR count). The molecule has 102 valence electrons. The van der Waals surface area contributed by atoms with Crippen LogP contribution in [0.5, 0.6) is 0 Å². The first-order valence-corrected chi connectivity index (χ1v) is 5.65. The van der Waals surface area contributed by atoms with Crippen molar-refractivity contribution in [3.05, 3.63) is 29.3 Å². The fraction of sp³-hybridized carbons (Fsp3) is 0.308. The quantitative estimate of drug-likeness (QED) is 0.599. The molecule has 1 aromatic carbocycles. The third-order valence-electron chi connectivity index (χ3n) is 2.48. The predicted molar refractivity (Wildman–Crippen MR) is 68.5 cm³/mol. The maximum Gasteiger partial charge on any atom is 0.338 e. The molecule has 0 aliphatic carbocycles. The summed E-state index contributed by atoms with van der Waals surface area (Å²) in [6.07, 6.45) is -0.0835. The number of Topliss-reactive ketones (excluding diaryl/α,β-unsaturated/α-hetero) is 1. The van der Waals surface area contributed by atoms with E-state index in [1.165, 1.54) is 20.1 Å². The normalized spacial score (nSPS) is 9.79. The molecule has 0 atom stereocenters. The topological polar surface area (TPSA) is 92.7 Å². The third kappa shape index (κ3) is 3.80. The number of hydrogen-bond acceptors (Lipinski definition) is 5. The lowest BCUT2D eigenvalue weighted by atomic mass is 10.0. The predicted octanol–water partition coefficient (Wildman–Crippen LogP) is 1.56. The van der Waals surface area contributed by atoms with Crippen molar-refractivity contribution in [2.75, 3.05) is 19.0 Å². The maximum absolute atomic E-state index is 11.6. The van der Waals surface area contributed by atoms with Gasteiger partial charge in [-0.15, -0.1) is 0 Å². The van der Waals surface area contributed by atoms with E-state index in [9.17, 15) is 14.4 Å². The van der Waals surface area contributed by atoms with Crippen LogP contribution < -0.4 is 5.32 Å². The molecule has 0 heterocycles. The van der Waals surface area contributed by atoms with Crippen molar-refractivity contribution in [3.63, 3.8) is 0 Å². The van der Waals surface area contributed by atoms with E-state index in [-0.39, 0.29) is 29.9 Å². The highest BCUT2D eigenvalue weighted by molar-refractivity contribution is 6.09. The van der Waals surface area contributed by atoms with E-state index in [0.29, 0.717) is 5.69 Å². The van der Waals surface area contributed by atoms with E-state index in [0.717, 1.165) is 0 Å². The number of carbonyl (C=O) groups excluding carboxylic acids is 2. The second-order valence-electron chi connectivity index (χ2n) is 3.85. The molecule has 0 aromatic heterocycles. The van der Waals surface area contributed by atoms with Crippen LogP contribution in [-0.4, -0.2) is 36.5 Å². The third-order valence-corrected chi connectivity index (χ3v) is 2.48. The van der Waals surface area contributed by atoms with Crippen molar-refractivity contribution in [1.82, 2.24) is 0 Å². The van der Waals surface area contributed by atoms with Gasteiger partial charge in [-0.1, -0.05) is 6.07 Å². The lowest BCUT2D eigenvalue weighted by molar-refractivity contribution is -0.136. The van der Waals surface area contributed by atoms with Gasteiger partial charge in [0.15, 0.2) is 5.78 Å². The van der Waals surface area contributed by atoms with Crippen molar-refractivity contribution in [2.24, 2.45) is 0 Å². The summed E-state index contributed by atoms with van der Waals surface area (Å²) in [6.45, 7) is 1.50. The molecular weight excluding hydrogens is 250 g/mol. The SMILES string of the molecule is COC(=O)c1cccc(NCCC(=O)O)c1C(C)=O. The molecule has 0 saturated carbocycles. The molecule has 0 unspecified atom stereocenters. The zero-order valence-electron chi connectivity index (χ0n) is 10.7. The van der Waals surface area contributed by atoms with Crippen LogP contribution in [0.1, 0.15) is 34.1 Å². The molecule has 2 N–H and O–H groups in total. The van der Waals surface area contributed by atoms with Crippen LogP contribution in [-0.2, 0) is 9.53 Å². The summed E-state index contributed by atoms with van der Waals surface area (Å²) in [6, 6.07) is 4.71. The average Bonchev–Trinajstić information content (AvgIpc) is 2.36. The lowest BCUT2D eigenvalue weighted by Gasteiger charge is -2.12. The van der Waals surface area contributed by atoms with Gasteiger partial charge in [0.05, 0.1) is 24.7 Å². The second kappa shape index (κ2) is 6.53. The van der Waals surface area contributed by atoms with Crippen LogP contribution >= 0.6 is 0 Å². The van der Waals surface area contributed by atoms with Crippen LogP contribution in [0.15, 0.2) is 18.2 Å². The molecule has 0 aliphatic heterocycles. The zero-order valence-corrected chi connectivity index (χ0v) is 10.7. The van der Waals surface area contributed by atoms with Crippen LogP contribution in [0, 0.1) is 0 Å². The first-order valence-electron chi connectivity index (χ1n) is 5.65. The number of ketones is 1. The van der Waals surface area contributed by atoms with Crippen LogP contribution in [0.2, 0.25) is 0 Å². The number of carboxylic acid groups (broad SMARTS) is 1. The molecule has 0 saturated heterocycles. The van der Waals surface area contributed by atoms with Gasteiger partial charge in [-0.2, -0.15) is 0 Å². The molecule has 19 heavy (non-hydrogen) atoms. The molecule has 0 spiro atoms. The minimum atomic E-state index is -0.944. The molecule has 6 nitrogen and oxygen atoms in total. The van der Waals surface area contributed by atoms with Gasteiger partial charge in [-0.05, 0) is 19.1 Å². The van der Waals surface area contributed by atoms with Gasteiger partial charge in [0.1, 0.15) is 0 Å². The highest BCUT2D eigenvalue weighted by atomic mass is 16.5. The summed E-state index contributed by atoms with van der Waals surface area (Å²) in [5.74, 6) is -1.84. The largest absolute Gasteiger partial charge is 0.481 e. The van der Waals surface area contributed by atoms with Crippen molar-refractivity contribution >= 4 is 23.4 Å². The highest BCUT2D eigenvalue weighted by Crippen LogP contribution is 2.21. The lowest BCUT2D eigenvalue weighted by Crippen LogP contribution is -2.14. The van der Waals surface area contributed by atoms with Crippen molar-refractivity contribution in [2.45, 2.75) is 13.3 Å². The van der Waals surface area contributed by atoms with Gasteiger partial charge in [-0.3, -0.25) is 9.59 Å². The Morgan fingerprint density at radius 2 is 2.00 bits per heavy atom. The number of methoxy groups -OCH3 is 1. The van der Waals surface area contributed by atoms with Crippen LogP contribution in [0.25, 0.3) is 0 Å². The van der Waals surface area contributed by atoms with E-state index in [1.54, 1.807) is 12.1 Å². The maximum atomic E-state index is 11.6. The molecule has 0 amide bonds. The minimum absolute atomic E-state index is 0.0835. The number of carboxylic acids is 1. The fourth-order valence-electron chi connectivity index (χ4n) is 1.66. The number of ether oxygens (including phenoxy) is 1. The monoisotopic (exact) mass is 265 g/mol. The van der Waals surface area contributed by atoms with Crippen molar-refractivity contribution in [1.29, 1.82) is 0 Å². The first kappa shape index (κ1) is 14.7. The standard InChI is InChI=1S/C13H15NO5/c1-8(15)12-9(13(18)19-2)4-3-5-10(12)14-7-6-11(16)17/h3-5,14H,6-7H2,1-2H3,(H,16,17). The number of carbonyl (C=O) groups is 3.